The quantitative estimate of drug-likeness (QED) is 0.525. The Balaban J connectivity index is 2.11. The summed E-state index contributed by atoms with van der Waals surface area (Å²) in [5.74, 6) is 1.72. The number of allylic oxidation sites excluding steroid dienone is 6. The molecule has 0 heteroatoms. The normalized spacial score (nSPS) is 46.0. The number of hydrogen-bond donors (Lipinski definition) is 0. The summed E-state index contributed by atoms with van der Waals surface area (Å²) in [7, 11) is 0. The third-order valence-corrected chi connectivity index (χ3v) is 4.22. The van der Waals surface area contributed by atoms with Gasteiger partial charge < -0.3 is 0 Å². The lowest BCUT2D eigenvalue weighted by molar-refractivity contribution is 0.363. The van der Waals surface area contributed by atoms with Crippen LogP contribution >= 0.6 is 0 Å². The highest BCUT2D eigenvalue weighted by molar-refractivity contribution is 5.44. The van der Waals surface area contributed by atoms with Crippen molar-refractivity contribution >= 4 is 0 Å². The lowest BCUT2D eigenvalue weighted by Crippen LogP contribution is -2.21. The Morgan fingerprint density at radius 3 is 3.08 bits per heavy atom. The molecule has 3 aliphatic carbocycles. The van der Waals surface area contributed by atoms with Crippen LogP contribution < -0.4 is 0 Å². The van der Waals surface area contributed by atoms with Gasteiger partial charge in [-0.25, -0.2) is 0 Å². The molecule has 0 radical (unpaired) electrons. The van der Waals surface area contributed by atoms with Crippen molar-refractivity contribution in [1.29, 1.82) is 0 Å². The topological polar surface area (TPSA) is 0 Å². The van der Waals surface area contributed by atoms with Crippen LogP contribution in [0.5, 0.6) is 0 Å². The van der Waals surface area contributed by atoms with E-state index in [-0.39, 0.29) is 0 Å². The molecular weight excluding hydrogens is 156 g/mol. The van der Waals surface area contributed by atoms with Crippen molar-refractivity contribution in [3.63, 3.8) is 0 Å². The predicted molar refractivity (Wildman–Crippen MR) is 55.3 cm³/mol. The average Bonchev–Trinajstić information content (AvgIpc) is 2.78. The molecular formula is C13H16. The third-order valence-electron chi connectivity index (χ3n) is 4.22. The minimum atomic E-state index is 0.621. The summed E-state index contributed by atoms with van der Waals surface area (Å²) in [6.07, 6.45) is 12.1. The van der Waals surface area contributed by atoms with E-state index in [1.165, 1.54) is 18.4 Å². The Labute approximate surface area is 80.0 Å². The molecule has 0 aromatic rings. The van der Waals surface area contributed by atoms with Gasteiger partial charge >= 0.3 is 0 Å². The Bertz CT molecular complexity index is 343. The smallest absolute Gasteiger partial charge is 0.00650 e. The van der Waals surface area contributed by atoms with Crippen molar-refractivity contribution in [2.75, 3.05) is 0 Å². The van der Waals surface area contributed by atoms with Crippen LogP contribution in [0.1, 0.15) is 26.7 Å². The standard InChI is InChI=1S/C13H16/c1-9-4-3-5-12-11(9)7-6-10-8-13(10,12)2/h3-4,6-7,10,12H,5,8H2,1-2H3. The fraction of sp³-hybridized carbons (Fsp3) is 0.538. The largest absolute Gasteiger partial charge is 0.0836 e. The van der Waals surface area contributed by atoms with E-state index in [1.54, 1.807) is 5.57 Å². The molecule has 0 N–H and O–H groups in total. The SMILES string of the molecule is CC1=C2C=CC3CC3(C)C2CC=C1. The first kappa shape index (κ1) is 7.61. The summed E-state index contributed by atoms with van der Waals surface area (Å²) in [6.45, 7) is 4.70. The molecule has 0 amide bonds. The molecule has 1 saturated carbocycles. The second kappa shape index (κ2) is 2.17. The van der Waals surface area contributed by atoms with E-state index in [0.29, 0.717) is 5.41 Å². The van der Waals surface area contributed by atoms with Crippen molar-refractivity contribution in [2.45, 2.75) is 26.7 Å². The van der Waals surface area contributed by atoms with Crippen molar-refractivity contribution in [3.05, 3.63) is 35.5 Å². The number of hydrogen-bond acceptors (Lipinski definition) is 0. The first-order valence-corrected chi connectivity index (χ1v) is 5.27. The molecule has 3 rings (SSSR count). The van der Waals surface area contributed by atoms with Crippen LogP contribution in [0.25, 0.3) is 0 Å². The number of fused-ring (bicyclic) bond motifs is 3. The minimum Gasteiger partial charge on any atom is -0.0836 e. The van der Waals surface area contributed by atoms with Gasteiger partial charge in [0.1, 0.15) is 0 Å². The van der Waals surface area contributed by atoms with Gasteiger partial charge in [-0.15, -0.1) is 0 Å². The van der Waals surface area contributed by atoms with Gasteiger partial charge in [0.25, 0.3) is 0 Å². The third kappa shape index (κ3) is 0.864. The number of rotatable bonds is 0. The highest BCUT2D eigenvalue weighted by Gasteiger charge is 2.56. The maximum atomic E-state index is 2.46. The molecule has 3 aliphatic rings. The second-order valence-corrected chi connectivity index (χ2v) is 5.00. The first-order chi connectivity index (χ1) is 6.22. The lowest BCUT2D eigenvalue weighted by Gasteiger charge is -2.31. The summed E-state index contributed by atoms with van der Waals surface area (Å²) in [4.78, 5) is 0. The van der Waals surface area contributed by atoms with Gasteiger partial charge in [-0.05, 0) is 48.2 Å². The minimum absolute atomic E-state index is 0.621. The highest BCUT2D eigenvalue weighted by atomic mass is 14.6. The maximum Gasteiger partial charge on any atom is -0.00650 e. The van der Waals surface area contributed by atoms with Gasteiger partial charge in [-0.3, -0.25) is 0 Å². The molecule has 0 heterocycles. The van der Waals surface area contributed by atoms with Gasteiger partial charge in [-0.2, -0.15) is 0 Å². The molecule has 0 aliphatic heterocycles. The van der Waals surface area contributed by atoms with E-state index >= 15 is 0 Å². The Kier molecular flexibility index (Phi) is 1.27. The summed E-state index contributed by atoms with van der Waals surface area (Å²) in [6, 6.07) is 0. The van der Waals surface area contributed by atoms with Gasteiger partial charge in [0.15, 0.2) is 0 Å². The van der Waals surface area contributed by atoms with Crippen LogP contribution in [0, 0.1) is 17.3 Å². The Morgan fingerprint density at radius 2 is 2.23 bits per heavy atom. The van der Waals surface area contributed by atoms with Crippen LogP contribution in [0.4, 0.5) is 0 Å². The fourth-order valence-corrected chi connectivity index (χ4v) is 3.07. The second-order valence-electron chi connectivity index (χ2n) is 5.00. The van der Waals surface area contributed by atoms with Crippen molar-refractivity contribution in [2.24, 2.45) is 17.3 Å². The van der Waals surface area contributed by atoms with Crippen LogP contribution in [0.2, 0.25) is 0 Å². The van der Waals surface area contributed by atoms with E-state index in [1.807, 2.05) is 0 Å². The van der Waals surface area contributed by atoms with E-state index in [4.69, 9.17) is 0 Å². The molecule has 0 spiro atoms. The van der Waals surface area contributed by atoms with Gasteiger partial charge in [0.05, 0.1) is 0 Å². The predicted octanol–water partition coefficient (Wildman–Crippen LogP) is 3.48. The zero-order valence-corrected chi connectivity index (χ0v) is 8.38. The van der Waals surface area contributed by atoms with Crippen LogP contribution in [-0.4, -0.2) is 0 Å². The summed E-state index contributed by atoms with van der Waals surface area (Å²) in [5, 5.41) is 0. The van der Waals surface area contributed by atoms with Crippen molar-refractivity contribution in [1.82, 2.24) is 0 Å². The molecule has 0 nitrogen and oxygen atoms in total. The molecule has 0 saturated heterocycles. The monoisotopic (exact) mass is 172 g/mol. The zero-order valence-electron chi connectivity index (χ0n) is 8.38. The highest BCUT2D eigenvalue weighted by Crippen LogP contribution is 2.64. The van der Waals surface area contributed by atoms with E-state index < -0.39 is 0 Å². The molecule has 0 aromatic heterocycles. The zero-order chi connectivity index (χ0) is 9.05. The van der Waals surface area contributed by atoms with E-state index in [9.17, 15) is 0 Å². The van der Waals surface area contributed by atoms with E-state index in [2.05, 4.69) is 38.2 Å². The fourth-order valence-electron chi connectivity index (χ4n) is 3.07. The summed E-state index contributed by atoms with van der Waals surface area (Å²) < 4.78 is 0. The summed E-state index contributed by atoms with van der Waals surface area (Å²) in [5.41, 5.74) is 3.72. The summed E-state index contributed by atoms with van der Waals surface area (Å²) >= 11 is 0. The molecule has 68 valence electrons. The van der Waals surface area contributed by atoms with Crippen molar-refractivity contribution in [3.8, 4) is 0 Å². The van der Waals surface area contributed by atoms with Crippen molar-refractivity contribution < 1.29 is 0 Å². The first-order valence-electron chi connectivity index (χ1n) is 5.27. The molecule has 3 atom stereocenters. The molecule has 1 fully saturated rings. The molecule has 13 heavy (non-hydrogen) atoms. The molecule has 3 unspecified atom stereocenters. The van der Waals surface area contributed by atoms with Gasteiger partial charge in [0, 0.05) is 0 Å². The van der Waals surface area contributed by atoms with Crippen LogP contribution in [0.3, 0.4) is 0 Å². The van der Waals surface area contributed by atoms with Crippen LogP contribution in [0.15, 0.2) is 35.5 Å². The van der Waals surface area contributed by atoms with E-state index in [0.717, 1.165) is 11.8 Å². The average molecular weight is 172 g/mol. The maximum absolute atomic E-state index is 2.46. The Hall–Kier alpha value is -0.780. The van der Waals surface area contributed by atoms with Gasteiger partial charge in [-0.1, -0.05) is 31.2 Å². The molecule has 0 aromatic carbocycles. The Morgan fingerprint density at radius 1 is 1.38 bits per heavy atom. The van der Waals surface area contributed by atoms with Gasteiger partial charge in [0.2, 0.25) is 0 Å². The van der Waals surface area contributed by atoms with Crippen LogP contribution in [-0.2, 0) is 0 Å². The lowest BCUT2D eigenvalue weighted by atomic mass is 9.73. The molecule has 0 bridgehead atoms.